The van der Waals surface area contributed by atoms with Crippen molar-refractivity contribution in [3.05, 3.63) is 28.8 Å². The van der Waals surface area contributed by atoms with Crippen LogP contribution in [0.1, 0.15) is 24.8 Å². The molecular formula is C12H15ClF3NO. The third kappa shape index (κ3) is 6.12. The van der Waals surface area contributed by atoms with Crippen molar-refractivity contribution in [2.24, 2.45) is 0 Å². The normalized spacial score (nSPS) is 11.8. The molecule has 0 aliphatic carbocycles. The molecule has 0 fully saturated rings. The number of aromatic hydroxyl groups is 1. The second kappa shape index (κ2) is 6.85. The first-order valence-corrected chi connectivity index (χ1v) is 6.01. The number of phenols is 1. The summed E-state index contributed by atoms with van der Waals surface area (Å²) in [5, 5.41) is 12.5. The van der Waals surface area contributed by atoms with Crippen LogP contribution >= 0.6 is 11.6 Å². The van der Waals surface area contributed by atoms with Gasteiger partial charge in [0, 0.05) is 13.0 Å². The highest BCUT2D eigenvalue weighted by molar-refractivity contribution is 6.32. The van der Waals surface area contributed by atoms with Crippen LogP contribution in [0.3, 0.4) is 0 Å². The molecular weight excluding hydrogens is 267 g/mol. The number of phenolic OH excluding ortho intramolecular Hbond substituents is 1. The summed E-state index contributed by atoms with van der Waals surface area (Å²) in [7, 11) is 0. The predicted molar refractivity (Wildman–Crippen MR) is 64.7 cm³/mol. The maximum absolute atomic E-state index is 11.9. The van der Waals surface area contributed by atoms with E-state index in [0.29, 0.717) is 19.5 Å². The number of rotatable bonds is 6. The van der Waals surface area contributed by atoms with Crippen LogP contribution in [-0.4, -0.2) is 17.8 Å². The van der Waals surface area contributed by atoms with Crippen LogP contribution in [-0.2, 0) is 6.54 Å². The molecule has 0 spiro atoms. The standard InChI is InChI=1S/C12H15ClF3NO/c13-10-7-9(3-4-11(10)18)8-17-6-2-1-5-12(14,15)16/h3-4,7,17-18H,1-2,5-6,8H2. The fourth-order valence-electron chi connectivity index (χ4n) is 1.47. The lowest BCUT2D eigenvalue weighted by Crippen LogP contribution is -2.15. The predicted octanol–water partition coefficient (Wildman–Crippen LogP) is 3.87. The summed E-state index contributed by atoms with van der Waals surface area (Å²) in [5.41, 5.74) is 0.883. The van der Waals surface area contributed by atoms with Crippen LogP contribution in [0.4, 0.5) is 13.2 Å². The molecule has 102 valence electrons. The number of hydrogen-bond donors (Lipinski definition) is 2. The molecule has 0 amide bonds. The number of halogens is 4. The van der Waals surface area contributed by atoms with E-state index in [-0.39, 0.29) is 17.2 Å². The summed E-state index contributed by atoms with van der Waals surface area (Å²) in [5.74, 6) is 0.0191. The highest BCUT2D eigenvalue weighted by atomic mass is 35.5. The largest absolute Gasteiger partial charge is 0.506 e. The zero-order chi connectivity index (χ0) is 13.6. The van der Waals surface area contributed by atoms with Gasteiger partial charge in [0.2, 0.25) is 0 Å². The van der Waals surface area contributed by atoms with Crippen LogP contribution in [0.25, 0.3) is 0 Å². The summed E-state index contributed by atoms with van der Waals surface area (Å²) in [6.45, 7) is 1.04. The third-order valence-corrected chi connectivity index (χ3v) is 2.71. The number of alkyl halides is 3. The molecule has 0 radical (unpaired) electrons. The lowest BCUT2D eigenvalue weighted by Gasteiger charge is -2.07. The Bertz CT molecular complexity index is 382. The molecule has 6 heteroatoms. The fraction of sp³-hybridized carbons (Fsp3) is 0.500. The Morgan fingerprint density at radius 2 is 1.94 bits per heavy atom. The van der Waals surface area contributed by atoms with Crippen LogP contribution in [0.15, 0.2) is 18.2 Å². The Kier molecular flexibility index (Phi) is 5.75. The van der Waals surface area contributed by atoms with Gasteiger partial charge in [-0.15, -0.1) is 0 Å². The van der Waals surface area contributed by atoms with Gasteiger partial charge < -0.3 is 10.4 Å². The van der Waals surface area contributed by atoms with Crippen molar-refractivity contribution in [3.8, 4) is 5.75 Å². The average molecular weight is 282 g/mol. The maximum Gasteiger partial charge on any atom is 0.389 e. The summed E-state index contributed by atoms with van der Waals surface area (Å²) < 4.78 is 35.6. The molecule has 1 aromatic rings. The maximum atomic E-state index is 11.9. The molecule has 0 heterocycles. The first kappa shape index (κ1) is 15.1. The van der Waals surface area contributed by atoms with E-state index in [4.69, 9.17) is 11.6 Å². The first-order valence-electron chi connectivity index (χ1n) is 5.63. The number of nitrogens with one attached hydrogen (secondary N) is 1. The minimum absolute atomic E-state index is 0.0191. The van der Waals surface area contributed by atoms with Gasteiger partial charge in [0.1, 0.15) is 5.75 Å². The zero-order valence-corrected chi connectivity index (χ0v) is 10.5. The lowest BCUT2D eigenvalue weighted by atomic mass is 10.2. The molecule has 0 atom stereocenters. The van der Waals surface area contributed by atoms with Crippen molar-refractivity contribution >= 4 is 11.6 Å². The number of unbranched alkanes of at least 4 members (excludes halogenated alkanes) is 1. The van der Waals surface area contributed by atoms with E-state index < -0.39 is 12.6 Å². The molecule has 0 aliphatic rings. The first-order chi connectivity index (χ1) is 8.38. The molecule has 0 saturated carbocycles. The van der Waals surface area contributed by atoms with E-state index in [1.165, 1.54) is 6.07 Å². The van der Waals surface area contributed by atoms with Gasteiger partial charge in [-0.1, -0.05) is 17.7 Å². The monoisotopic (exact) mass is 281 g/mol. The van der Waals surface area contributed by atoms with E-state index in [2.05, 4.69) is 5.32 Å². The molecule has 0 bridgehead atoms. The molecule has 0 aliphatic heterocycles. The summed E-state index contributed by atoms with van der Waals surface area (Å²) in [4.78, 5) is 0. The Balaban J connectivity index is 2.16. The summed E-state index contributed by atoms with van der Waals surface area (Å²) >= 11 is 5.72. The van der Waals surface area contributed by atoms with E-state index in [1.807, 2.05) is 0 Å². The van der Waals surface area contributed by atoms with Crippen LogP contribution < -0.4 is 5.32 Å². The quantitative estimate of drug-likeness (QED) is 0.776. The van der Waals surface area contributed by atoms with Crippen molar-refractivity contribution in [1.82, 2.24) is 5.32 Å². The molecule has 0 aromatic heterocycles. The SMILES string of the molecule is Oc1ccc(CNCCCCC(F)(F)F)cc1Cl. The van der Waals surface area contributed by atoms with Crippen LogP contribution in [0, 0.1) is 0 Å². The van der Waals surface area contributed by atoms with Crippen molar-refractivity contribution in [3.63, 3.8) is 0 Å². The second-order valence-electron chi connectivity index (χ2n) is 4.03. The smallest absolute Gasteiger partial charge is 0.389 e. The van der Waals surface area contributed by atoms with Gasteiger partial charge in [0.05, 0.1) is 5.02 Å². The van der Waals surface area contributed by atoms with Crippen molar-refractivity contribution in [2.45, 2.75) is 32.0 Å². The molecule has 2 nitrogen and oxygen atoms in total. The highest BCUT2D eigenvalue weighted by Gasteiger charge is 2.25. The van der Waals surface area contributed by atoms with Crippen molar-refractivity contribution in [2.75, 3.05) is 6.54 Å². The van der Waals surface area contributed by atoms with Gasteiger partial charge in [-0.25, -0.2) is 0 Å². The minimum Gasteiger partial charge on any atom is -0.506 e. The van der Waals surface area contributed by atoms with Gasteiger partial charge in [-0.3, -0.25) is 0 Å². The van der Waals surface area contributed by atoms with Crippen LogP contribution in [0.5, 0.6) is 5.75 Å². The zero-order valence-electron chi connectivity index (χ0n) is 9.73. The minimum atomic E-state index is -4.06. The van der Waals surface area contributed by atoms with E-state index in [9.17, 15) is 18.3 Å². The van der Waals surface area contributed by atoms with Crippen molar-refractivity contribution < 1.29 is 18.3 Å². The molecule has 0 unspecified atom stereocenters. The molecule has 2 N–H and O–H groups in total. The second-order valence-corrected chi connectivity index (χ2v) is 4.44. The van der Waals surface area contributed by atoms with Gasteiger partial charge in [0.25, 0.3) is 0 Å². The highest BCUT2D eigenvalue weighted by Crippen LogP contribution is 2.23. The van der Waals surface area contributed by atoms with E-state index in [1.54, 1.807) is 12.1 Å². The molecule has 1 aromatic carbocycles. The summed E-state index contributed by atoms with van der Waals surface area (Å²) in [6.07, 6.45) is -4.19. The van der Waals surface area contributed by atoms with Crippen LogP contribution in [0.2, 0.25) is 5.02 Å². The van der Waals surface area contributed by atoms with Crippen molar-refractivity contribution in [1.29, 1.82) is 0 Å². The fourth-order valence-corrected chi connectivity index (χ4v) is 1.67. The Labute approximate surface area is 109 Å². The van der Waals surface area contributed by atoms with Gasteiger partial charge >= 0.3 is 6.18 Å². The average Bonchev–Trinajstić information content (AvgIpc) is 2.26. The lowest BCUT2D eigenvalue weighted by molar-refractivity contribution is -0.135. The third-order valence-electron chi connectivity index (χ3n) is 2.41. The Morgan fingerprint density at radius 3 is 2.56 bits per heavy atom. The summed E-state index contributed by atoms with van der Waals surface area (Å²) in [6, 6.07) is 4.83. The number of hydrogen-bond acceptors (Lipinski definition) is 2. The molecule has 0 saturated heterocycles. The Hall–Kier alpha value is -0.940. The van der Waals surface area contributed by atoms with E-state index >= 15 is 0 Å². The molecule has 1 rings (SSSR count). The van der Waals surface area contributed by atoms with Gasteiger partial charge in [0.15, 0.2) is 0 Å². The molecule has 18 heavy (non-hydrogen) atoms. The van der Waals surface area contributed by atoms with Gasteiger partial charge in [-0.2, -0.15) is 13.2 Å². The van der Waals surface area contributed by atoms with Gasteiger partial charge in [-0.05, 0) is 37.1 Å². The number of benzene rings is 1. The Morgan fingerprint density at radius 1 is 1.22 bits per heavy atom. The van der Waals surface area contributed by atoms with E-state index in [0.717, 1.165) is 5.56 Å². The topological polar surface area (TPSA) is 32.3 Å².